The molecule has 0 atom stereocenters. The second kappa shape index (κ2) is 5.33. The first-order valence-electron chi connectivity index (χ1n) is 5.00. The van der Waals surface area contributed by atoms with Gasteiger partial charge in [-0.05, 0) is 24.6 Å². The van der Waals surface area contributed by atoms with Gasteiger partial charge in [-0.15, -0.1) is 23.1 Å². The Balaban J connectivity index is 2.11. The third-order valence-corrected chi connectivity index (χ3v) is 3.97. The summed E-state index contributed by atoms with van der Waals surface area (Å²) >= 11 is 3.17. The Labute approximate surface area is 108 Å². The number of carbonyl (C=O) groups is 1. The zero-order valence-corrected chi connectivity index (χ0v) is 10.8. The van der Waals surface area contributed by atoms with Crippen molar-refractivity contribution in [3.8, 4) is 0 Å². The van der Waals surface area contributed by atoms with Crippen LogP contribution in [0.1, 0.15) is 21.6 Å². The fourth-order valence-electron chi connectivity index (χ4n) is 1.39. The van der Waals surface area contributed by atoms with Crippen LogP contribution in [-0.4, -0.2) is 16.1 Å². The third-order valence-electron chi connectivity index (χ3n) is 2.31. The molecule has 0 fully saturated rings. The van der Waals surface area contributed by atoms with E-state index in [4.69, 9.17) is 5.11 Å². The standard InChI is InChI=1S/C12H11NO2S2/c1-8-2-3-10(4-11(8)12(14)15)17-6-9-5-16-7-13-9/h2-5,7H,6H2,1H3,(H,14,15). The van der Waals surface area contributed by atoms with Gasteiger partial charge in [0.25, 0.3) is 0 Å². The second-order valence-corrected chi connectivity index (χ2v) is 5.32. The maximum atomic E-state index is 11.0. The summed E-state index contributed by atoms with van der Waals surface area (Å²) in [5.41, 5.74) is 3.98. The van der Waals surface area contributed by atoms with E-state index >= 15 is 0 Å². The molecule has 0 spiro atoms. The van der Waals surface area contributed by atoms with E-state index in [0.29, 0.717) is 5.56 Å². The maximum absolute atomic E-state index is 11.0. The number of aryl methyl sites for hydroxylation is 1. The van der Waals surface area contributed by atoms with Crippen molar-refractivity contribution in [2.45, 2.75) is 17.6 Å². The Bertz CT molecular complexity index is 523. The van der Waals surface area contributed by atoms with Crippen molar-refractivity contribution in [1.29, 1.82) is 0 Å². The minimum Gasteiger partial charge on any atom is -0.478 e. The highest BCUT2D eigenvalue weighted by Crippen LogP contribution is 2.25. The number of carboxylic acids is 1. The van der Waals surface area contributed by atoms with Crippen molar-refractivity contribution < 1.29 is 9.90 Å². The molecule has 3 nitrogen and oxygen atoms in total. The topological polar surface area (TPSA) is 50.2 Å². The van der Waals surface area contributed by atoms with Crippen molar-refractivity contribution in [2.24, 2.45) is 0 Å². The van der Waals surface area contributed by atoms with Crippen LogP contribution in [-0.2, 0) is 5.75 Å². The lowest BCUT2D eigenvalue weighted by atomic mass is 10.1. The first-order valence-corrected chi connectivity index (χ1v) is 6.93. The molecule has 2 rings (SSSR count). The van der Waals surface area contributed by atoms with Crippen LogP contribution in [0.2, 0.25) is 0 Å². The fourth-order valence-corrected chi connectivity index (χ4v) is 2.89. The molecule has 1 aromatic carbocycles. The van der Waals surface area contributed by atoms with Crippen LogP contribution in [0.4, 0.5) is 0 Å². The number of benzene rings is 1. The maximum Gasteiger partial charge on any atom is 0.335 e. The van der Waals surface area contributed by atoms with E-state index in [1.165, 1.54) is 0 Å². The van der Waals surface area contributed by atoms with E-state index in [1.54, 1.807) is 41.6 Å². The van der Waals surface area contributed by atoms with Gasteiger partial charge in [0.1, 0.15) is 0 Å². The van der Waals surface area contributed by atoms with Crippen molar-refractivity contribution in [2.75, 3.05) is 0 Å². The number of hydrogen-bond acceptors (Lipinski definition) is 4. The number of hydrogen-bond donors (Lipinski definition) is 1. The Morgan fingerprint density at radius 1 is 1.53 bits per heavy atom. The highest BCUT2D eigenvalue weighted by atomic mass is 32.2. The largest absolute Gasteiger partial charge is 0.478 e. The van der Waals surface area contributed by atoms with Crippen LogP contribution in [0.3, 0.4) is 0 Å². The normalized spacial score (nSPS) is 10.4. The van der Waals surface area contributed by atoms with Gasteiger partial charge in [0.15, 0.2) is 0 Å². The number of aromatic nitrogens is 1. The van der Waals surface area contributed by atoms with Crippen molar-refractivity contribution in [3.05, 3.63) is 45.9 Å². The molecule has 1 heterocycles. The zero-order chi connectivity index (χ0) is 12.3. The molecular formula is C12H11NO2S2. The van der Waals surface area contributed by atoms with Crippen LogP contribution >= 0.6 is 23.1 Å². The highest BCUT2D eigenvalue weighted by Gasteiger charge is 2.08. The van der Waals surface area contributed by atoms with Gasteiger partial charge in [-0.1, -0.05) is 6.07 Å². The second-order valence-electron chi connectivity index (χ2n) is 3.55. The highest BCUT2D eigenvalue weighted by molar-refractivity contribution is 7.98. The van der Waals surface area contributed by atoms with Crippen LogP contribution in [0.15, 0.2) is 34.0 Å². The quantitative estimate of drug-likeness (QED) is 0.860. The molecule has 1 N–H and O–H groups in total. The van der Waals surface area contributed by atoms with Gasteiger partial charge in [-0.3, -0.25) is 0 Å². The van der Waals surface area contributed by atoms with E-state index in [-0.39, 0.29) is 0 Å². The smallest absolute Gasteiger partial charge is 0.335 e. The molecule has 0 aliphatic carbocycles. The predicted molar refractivity (Wildman–Crippen MR) is 69.8 cm³/mol. The minimum absolute atomic E-state index is 0.369. The molecule has 0 aliphatic rings. The molecule has 17 heavy (non-hydrogen) atoms. The number of carboxylic acid groups (broad SMARTS) is 1. The molecule has 1 aromatic heterocycles. The number of rotatable bonds is 4. The Kier molecular flexibility index (Phi) is 3.81. The lowest BCUT2D eigenvalue weighted by Crippen LogP contribution is -1.99. The molecule has 88 valence electrons. The lowest BCUT2D eigenvalue weighted by Gasteiger charge is -2.04. The van der Waals surface area contributed by atoms with Crippen LogP contribution in [0.5, 0.6) is 0 Å². The van der Waals surface area contributed by atoms with Gasteiger partial charge in [0.2, 0.25) is 0 Å². The Morgan fingerprint density at radius 3 is 3.00 bits per heavy atom. The van der Waals surface area contributed by atoms with E-state index in [1.807, 2.05) is 17.5 Å². The lowest BCUT2D eigenvalue weighted by molar-refractivity contribution is 0.0696. The summed E-state index contributed by atoms with van der Waals surface area (Å²) in [6.45, 7) is 1.80. The van der Waals surface area contributed by atoms with Gasteiger partial charge in [0, 0.05) is 16.0 Å². The van der Waals surface area contributed by atoms with Crippen molar-refractivity contribution in [3.63, 3.8) is 0 Å². The molecule has 2 aromatic rings. The molecule has 5 heteroatoms. The van der Waals surface area contributed by atoms with Crippen LogP contribution in [0, 0.1) is 6.92 Å². The van der Waals surface area contributed by atoms with E-state index in [2.05, 4.69) is 4.98 Å². The van der Waals surface area contributed by atoms with E-state index in [0.717, 1.165) is 21.9 Å². The van der Waals surface area contributed by atoms with Crippen molar-refractivity contribution >= 4 is 29.1 Å². The first kappa shape index (κ1) is 12.1. The van der Waals surface area contributed by atoms with Crippen molar-refractivity contribution in [1.82, 2.24) is 4.98 Å². The Morgan fingerprint density at radius 2 is 2.35 bits per heavy atom. The summed E-state index contributed by atoms with van der Waals surface area (Å²) in [5.74, 6) is -0.107. The summed E-state index contributed by atoms with van der Waals surface area (Å²) in [7, 11) is 0. The summed E-state index contributed by atoms with van der Waals surface area (Å²) in [5, 5.41) is 11.0. The predicted octanol–water partition coefficient (Wildman–Crippen LogP) is 3.44. The number of thiazole rings is 1. The molecule has 0 saturated carbocycles. The number of aromatic carboxylic acids is 1. The van der Waals surface area contributed by atoms with E-state index in [9.17, 15) is 4.79 Å². The fraction of sp³-hybridized carbons (Fsp3) is 0.167. The third kappa shape index (κ3) is 3.08. The number of thioether (sulfide) groups is 1. The van der Waals surface area contributed by atoms with Gasteiger partial charge >= 0.3 is 5.97 Å². The van der Waals surface area contributed by atoms with Gasteiger partial charge < -0.3 is 5.11 Å². The molecule has 0 aliphatic heterocycles. The summed E-state index contributed by atoms with van der Waals surface area (Å²) in [4.78, 5) is 16.1. The molecule has 0 bridgehead atoms. The van der Waals surface area contributed by atoms with Crippen LogP contribution in [0.25, 0.3) is 0 Å². The zero-order valence-electron chi connectivity index (χ0n) is 9.21. The molecule has 0 radical (unpaired) electrons. The molecular weight excluding hydrogens is 254 g/mol. The van der Waals surface area contributed by atoms with Gasteiger partial charge in [-0.25, -0.2) is 9.78 Å². The number of nitrogens with zero attached hydrogens (tertiary/aromatic N) is 1. The molecule has 0 unspecified atom stereocenters. The van der Waals surface area contributed by atoms with Gasteiger partial charge in [0.05, 0.1) is 16.8 Å². The SMILES string of the molecule is Cc1ccc(SCc2cscn2)cc1C(=O)O. The Hall–Kier alpha value is -1.33. The summed E-state index contributed by atoms with van der Waals surface area (Å²) in [6.07, 6.45) is 0. The average Bonchev–Trinajstić information content (AvgIpc) is 2.80. The van der Waals surface area contributed by atoms with Gasteiger partial charge in [-0.2, -0.15) is 0 Å². The first-order chi connectivity index (χ1) is 8.16. The monoisotopic (exact) mass is 265 g/mol. The van der Waals surface area contributed by atoms with E-state index < -0.39 is 5.97 Å². The average molecular weight is 265 g/mol. The summed E-state index contributed by atoms with van der Waals surface area (Å²) in [6, 6.07) is 5.50. The molecule has 0 saturated heterocycles. The molecule has 0 amide bonds. The van der Waals surface area contributed by atoms with Crippen LogP contribution < -0.4 is 0 Å². The summed E-state index contributed by atoms with van der Waals surface area (Å²) < 4.78 is 0. The minimum atomic E-state index is -0.876.